The van der Waals surface area contributed by atoms with Crippen molar-refractivity contribution in [1.82, 2.24) is 25.0 Å². The molecule has 1 aliphatic heterocycles. The van der Waals surface area contributed by atoms with Crippen LogP contribution in [0.3, 0.4) is 0 Å². The predicted molar refractivity (Wildman–Crippen MR) is 104 cm³/mol. The number of benzene rings is 1. The number of para-hydroxylation sites is 1. The number of nitrogens with one attached hydrogen (secondary N) is 1. The average Bonchev–Trinajstić information content (AvgIpc) is 3.22. The lowest BCUT2D eigenvalue weighted by molar-refractivity contribution is -0.122. The normalized spacial score (nSPS) is 15.9. The van der Waals surface area contributed by atoms with E-state index in [4.69, 9.17) is 12.2 Å². The first-order chi connectivity index (χ1) is 12.7. The highest BCUT2D eigenvalue weighted by Gasteiger charge is 2.31. The van der Waals surface area contributed by atoms with E-state index < -0.39 is 0 Å². The zero-order valence-corrected chi connectivity index (χ0v) is 15.0. The van der Waals surface area contributed by atoms with Crippen molar-refractivity contribution in [1.29, 1.82) is 0 Å². The van der Waals surface area contributed by atoms with Crippen molar-refractivity contribution in [3.8, 4) is 0 Å². The van der Waals surface area contributed by atoms with Gasteiger partial charge < -0.3 is 5.32 Å². The van der Waals surface area contributed by atoms with Crippen molar-refractivity contribution in [2.24, 2.45) is 0 Å². The van der Waals surface area contributed by atoms with Gasteiger partial charge in [-0.05, 0) is 42.9 Å². The zero-order valence-electron chi connectivity index (χ0n) is 14.2. The third kappa shape index (κ3) is 2.97. The Morgan fingerprint density at radius 1 is 1.27 bits per heavy atom. The van der Waals surface area contributed by atoms with Crippen LogP contribution in [-0.4, -0.2) is 30.7 Å². The second kappa shape index (κ2) is 6.68. The van der Waals surface area contributed by atoms with Crippen LogP contribution in [0.15, 0.2) is 54.6 Å². The zero-order chi connectivity index (χ0) is 18.1. The highest BCUT2D eigenvalue weighted by molar-refractivity contribution is 7.80. The number of pyridine rings is 1. The molecule has 1 amide bonds. The fourth-order valence-corrected chi connectivity index (χ4v) is 3.22. The first-order valence-electron chi connectivity index (χ1n) is 8.35. The monoisotopic (exact) mass is 363 g/mol. The maximum atomic E-state index is 12.8. The maximum Gasteiger partial charge on any atom is 0.276 e. The number of nitrogens with zero attached hydrogens (tertiary/aromatic N) is 4. The average molecular weight is 363 g/mol. The molecule has 26 heavy (non-hydrogen) atoms. The van der Waals surface area contributed by atoms with Gasteiger partial charge in [0.15, 0.2) is 5.11 Å². The molecule has 2 aromatic heterocycles. The van der Waals surface area contributed by atoms with Crippen molar-refractivity contribution in [2.45, 2.75) is 20.0 Å². The Morgan fingerprint density at radius 2 is 2.12 bits per heavy atom. The summed E-state index contributed by atoms with van der Waals surface area (Å²) >= 11 is 5.35. The molecule has 3 heterocycles. The predicted octanol–water partition coefficient (Wildman–Crippen LogP) is 2.71. The van der Waals surface area contributed by atoms with Crippen molar-refractivity contribution in [3.05, 3.63) is 65.7 Å². The van der Waals surface area contributed by atoms with Crippen LogP contribution in [0.25, 0.3) is 17.0 Å². The summed E-state index contributed by atoms with van der Waals surface area (Å²) < 4.78 is 1.83. The van der Waals surface area contributed by atoms with Gasteiger partial charge in [0.2, 0.25) is 0 Å². The molecule has 7 heteroatoms. The van der Waals surface area contributed by atoms with Crippen molar-refractivity contribution in [2.75, 3.05) is 0 Å². The molecule has 0 radical (unpaired) electrons. The molecular weight excluding hydrogens is 346 g/mol. The Hall–Kier alpha value is -3.06. The second-order valence-corrected chi connectivity index (χ2v) is 6.39. The van der Waals surface area contributed by atoms with Crippen LogP contribution in [0, 0.1) is 0 Å². The van der Waals surface area contributed by atoms with E-state index >= 15 is 0 Å². The SMILES string of the molecule is CCn1cc(CN2C(=O)/C(=C\c3ccnc4ccccc34)NC2=S)cn1. The van der Waals surface area contributed by atoms with E-state index in [0.29, 0.717) is 17.4 Å². The van der Waals surface area contributed by atoms with Gasteiger partial charge in [-0.25, -0.2) is 0 Å². The first-order valence-corrected chi connectivity index (χ1v) is 8.76. The third-order valence-electron chi connectivity index (χ3n) is 4.30. The molecule has 1 N–H and O–H groups in total. The van der Waals surface area contributed by atoms with E-state index in [1.165, 1.54) is 0 Å². The molecule has 3 aromatic rings. The number of rotatable bonds is 4. The number of amides is 1. The molecule has 6 nitrogen and oxygen atoms in total. The quantitative estimate of drug-likeness (QED) is 0.570. The summed E-state index contributed by atoms with van der Waals surface area (Å²) in [6.45, 7) is 3.21. The standard InChI is InChI=1S/C19H17N5OS/c1-2-23-11-13(10-21-23)12-24-18(25)17(22-19(24)26)9-14-7-8-20-16-6-4-3-5-15(14)16/h3-11H,2,12H2,1H3,(H,22,26)/b17-9+. The molecule has 4 rings (SSSR count). The number of hydrogen-bond acceptors (Lipinski definition) is 4. The molecule has 1 aliphatic rings. The second-order valence-electron chi connectivity index (χ2n) is 6.00. The summed E-state index contributed by atoms with van der Waals surface area (Å²) in [5.74, 6) is -0.139. The van der Waals surface area contributed by atoms with Crippen molar-refractivity contribution in [3.63, 3.8) is 0 Å². The minimum Gasteiger partial charge on any atom is -0.328 e. The lowest BCUT2D eigenvalue weighted by Gasteiger charge is -2.12. The summed E-state index contributed by atoms with van der Waals surface area (Å²) in [7, 11) is 0. The van der Waals surface area contributed by atoms with Gasteiger partial charge in [-0.15, -0.1) is 0 Å². The van der Waals surface area contributed by atoms with Crippen LogP contribution in [0.5, 0.6) is 0 Å². The Bertz CT molecular complexity index is 1030. The lowest BCUT2D eigenvalue weighted by atomic mass is 10.1. The molecular formula is C19H17N5OS. The van der Waals surface area contributed by atoms with Crippen LogP contribution in [0.4, 0.5) is 0 Å². The van der Waals surface area contributed by atoms with Crippen LogP contribution in [0.1, 0.15) is 18.1 Å². The lowest BCUT2D eigenvalue weighted by Crippen LogP contribution is -2.29. The van der Waals surface area contributed by atoms with Gasteiger partial charge >= 0.3 is 0 Å². The molecule has 1 aromatic carbocycles. The molecule has 0 unspecified atom stereocenters. The number of aromatic nitrogens is 3. The Balaban J connectivity index is 1.63. The van der Waals surface area contributed by atoms with E-state index in [1.54, 1.807) is 17.3 Å². The van der Waals surface area contributed by atoms with E-state index in [1.807, 2.05) is 54.2 Å². The third-order valence-corrected chi connectivity index (χ3v) is 4.62. The fourth-order valence-electron chi connectivity index (χ4n) is 2.96. The molecule has 0 spiro atoms. The molecule has 0 atom stereocenters. The van der Waals surface area contributed by atoms with E-state index in [9.17, 15) is 4.79 Å². The fraction of sp³-hybridized carbons (Fsp3) is 0.158. The number of aryl methyl sites for hydroxylation is 1. The molecule has 0 bridgehead atoms. The van der Waals surface area contributed by atoms with Gasteiger partial charge in [0.05, 0.1) is 18.3 Å². The van der Waals surface area contributed by atoms with Crippen LogP contribution < -0.4 is 5.32 Å². The van der Waals surface area contributed by atoms with E-state index in [2.05, 4.69) is 15.4 Å². The van der Waals surface area contributed by atoms with Gasteiger partial charge in [-0.3, -0.25) is 19.4 Å². The molecule has 130 valence electrons. The van der Waals surface area contributed by atoms with Gasteiger partial charge in [0, 0.05) is 29.9 Å². The van der Waals surface area contributed by atoms with Crippen LogP contribution in [0.2, 0.25) is 0 Å². The van der Waals surface area contributed by atoms with Gasteiger partial charge in [0.25, 0.3) is 5.91 Å². The van der Waals surface area contributed by atoms with Crippen LogP contribution >= 0.6 is 12.2 Å². The van der Waals surface area contributed by atoms with Gasteiger partial charge in [0.1, 0.15) is 5.70 Å². The summed E-state index contributed by atoms with van der Waals surface area (Å²) in [4.78, 5) is 18.7. The van der Waals surface area contributed by atoms with Crippen molar-refractivity contribution >= 4 is 40.2 Å². The number of thiocarbonyl (C=S) groups is 1. The minimum absolute atomic E-state index is 0.139. The summed E-state index contributed by atoms with van der Waals surface area (Å²) in [6.07, 6.45) is 7.25. The summed E-state index contributed by atoms with van der Waals surface area (Å²) in [6, 6.07) is 9.73. The van der Waals surface area contributed by atoms with Crippen LogP contribution in [-0.2, 0) is 17.9 Å². The molecule has 1 saturated heterocycles. The van der Waals surface area contributed by atoms with E-state index in [0.717, 1.165) is 28.6 Å². The smallest absolute Gasteiger partial charge is 0.276 e. The minimum atomic E-state index is -0.139. The highest BCUT2D eigenvalue weighted by Crippen LogP contribution is 2.21. The Kier molecular flexibility index (Phi) is 4.22. The Morgan fingerprint density at radius 3 is 2.92 bits per heavy atom. The number of hydrogen-bond donors (Lipinski definition) is 1. The maximum absolute atomic E-state index is 12.8. The summed E-state index contributed by atoms with van der Waals surface area (Å²) in [5.41, 5.74) is 3.22. The number of carbonyl (C=O) groups is 1. The Labute approximate surface area is 156 Å². The number of carbonyl (C=O) groups excluding carboxylic acids is 1. The molecule has 0 saturated carbocycles. The molecule has 0 aliphatic carbocycles. The topological polar surface area (TPSA) is 63.1 Å². The van der Waals surface area contributed by atoms with Crippen molar-refractivity contribution < 1.29 is 4.79 Å². The first kappa shape index (κ1) is 16.4. The van der Waals surface area contributed by atoms with Gasteiger partial charge in [-0.2, -0.15) is 5.10 Å². The largest absolute Gasteiger partial charge is 0.328 e. The molecule has 1 fully saturated rings. The highest BCUT2D eigenvalue weighted by atomic mass is 32.1. The van der Waals surface area contributed by atoms with Gasteiger partial charge in [-0.1, -0.05) is 18.2 Å². The number of fused-ring (bicyclic) bond motifs is 1. The summed E-state index contributed by atoms with van der Waals surface area (Å²) in [5, 5.41) is 8.67. The van der Waals surface area contributed by atoms with E-state index in [-0.39, 0.29) is 5.91 Å².